The second-order valence-electron chi connectivity index (χ2n) is 6.05. The molecule has 26 heavy (non-hydrogen) atoms. The number of fused-ring (bicyclic) bond motifs is 1. The summed E-state index contributed by atoms with van der Waals surface area (Å²) in [5.74, 6) is -0.467. The van der Waals surface area contributed by atoms with Crippen molar-refractivity contribution in [3.8, 4) is 0 Å². The summed E-state index contributed by atoms with van der Waals surface area (Å²) in [4.78, 5) is 27.5. The number of hydrogen-bond acceptors (Lipinski definition) is 5. The van der Waals surface area contributed by atoms with Crippen LogP contribution in [-0.2, 0) is 29.0 Å². The van der Waals surface area contributed by atoms with Gasteiger partial charge in [0.15, 0.2) is 0 Å². The molecule has 0 fully saturated rings. The highest BCUT2D eigenvalue weighted by Gasteiger charge is 2.29. The zero-order valence-electron chi connectivity index (χ0n) is 14.9. The van der Waals surface area contributed by atoms with Crippen LogP contribution < -0.4 is 5.32 Å². The second-order valence-corrected chi connectivity index (χ2v) is 7.15. The number of esters is 1. The molecule has 3 rings (SSSR count). The number of nitrogens with zero attached hydrogens (tertiary/aromatic N) is 1. The minimum Gasteiger partial charge on any atom is -0.465 e. The quantitative estimate of drug-likeness (QED) is 0.782. The van der Waals surface area contributed by atoms with E-state index in [0.717, 1.165) is 36.5 Å². The largest absolute Gasteiger partial charge is 0.465 e. The number of halogens is 1. The molecule has 1 aromatic heterocycles. The zero-order chi connectivity index (χ0) is 17.8. The summed E-state index contributed by atoms with van der Waals surface area (Å²) in [6.07, 6.45) is 1.16. The number of thiophene rings is 1. The van der Waals surface area contributed by atoms with Crippen molar-refractivity contribution in [1.82, 2.24) is 4.90 Å². The van der Waals surface area contributed by atoms with E-state index in [0.29, 0.717) is 17.0 Å². The summed E-state index contributed by atoms with van der Waals surface area (Å²) in [5, 5.41) is 3.47. The molecule has 0 spiro atoms. The van der Waals surface area contributed by atoms with Gasteiger partial charge in [0.2, 0.25) is 5.91 Å². The van der Waals surface area contributed by atoms with Gasteiger partial charge < -0.3 is 10.1 Å². The Labute approximate surface area is 163 Å². The van der Waals surface area contributed by atoms with E-state index in [1.807, 2.05) is 18.2 Å². The Morgan fingerprint density at radius 3 is 2.65 bits per heavy atom. The number of rotatable bonds is 5. The van der Waals surface area contributed by atoms with Gasteiger partial charge in [-0.15, -0.1) is 23.7 Å². The van der Waals surface area contributed by atoms with Crippen molar-refractivity contribution in [2.45, 2.75) is 32.9 Å². The van der Waals surface area contributed by atoms with E-state index >= 15 is 0 Å². The average molecular weight is 395 g/mol. The van der Waals surface area contributed by atoms with Crippen molar-refractivity contribution in [3.63, 3.8) is 0 Å². The molecule has 0 saturated heterocycles. The van der Waals surface area contributed by atoms with Crippen LogP contribution in [0.1, 0.15) is 39.7 Å². The van der Waals surface area contributed by atoms with E-state index in [2.05, 4.69) is 22.3 Å². The van der Waals surface area contributed by atoms with Crippen LogP contribution in [0.15, 0.2) is 30.3 Å². The van der Waals surface area contributed by atoms with Crippen LogP contribution in [0.4, 0.5) is 5.00 Å². The summed E-state index contributed by atoms with van der Waals surface area (Å²) in [5.41, 5.74) is 2.83. The highest BCUT2D eigenvalue weighted by Crippen LogP contribution is 2.38. The number of carbonyl (C=O) groups is 2. The number of carbonyl (C=O) groups excluding carboxylic acids is 2. The van der Waals surface area contributed by atoms with Crippen molar-refractivity contribution in [3.05, 3.63) is 51.9 Å². The topological polar surface area (TPSA) is 58.6 Å². The summed E-state index contributed by atoms with van der Waals surface area (Å²) >= 11 is 1.49. The lowest BCUT2D eigenvalue weighted by Crippen LogP contribution is -2.29. The normalized spacial score (nSPS) is 13.5. The van der Waals surface area contributed by atoms with Gasteiger partial charge in [-0.25, -0.2) is 4.79 Å². The summed E-state index contributed by atoms with van der Waals surface area (Å²) in [7, 11) is 1.38. The number of nitrogens with one attached hydrogen (secondary N) is 1. The van der Waals surface area contributed by atoms with Crippen molar-refractivity contribution in [2.24, 2.45) is 0 Å². The van der Waals surface area contributed by atoms with Crippen LogP contribution in [-0.4, -0.2) is 30.4 Å². The van der Waals surface area contributed by atoms with E-state index in [9.17, 15) is 9.59 Å². The lowest BCUT2D eigenvalue weighted by atomic mass is 10.0. The number of methoxy groups -OCH3 is 1. The first kappa shape index (κ1) is 20.4. The second kappa shape index (κ2) is 9.16. The van der Waals surface area contributed by atoms with E-state index in [1.54, 1.807) is 6.92 Å². The lowest BCUT2D eigenvalue weighted by Gasteiger charge is -2.27. The first-order valence-corrected chi connectivity index (χ1v) is 9.23. The van der Waals surface area contributed by atoms with Crippen molar-refractivity contribution in [1.29, 1.82) is 0 Å². The highest BCUT2D eigenvalue weighted by molar-refractivity contribution is 7.17. The van der Waals surface area contributed by atoms with Crippen LogP contribution in [0.3, 0.4) is 0 Å². The summed E-state index contributed by atoms with van der Waals surface area (Å²) < 4.78 is 4.94. The lowest BCUT2D eigenvalue weighted by molar-refractivity contribution is -0.115. The summed E-state index contributed by atoms with van der Waals surface area (Å²) in [6.45, 7) is 4.33. The Morgan fingerprint density at radius 1 is 1.27 bits per heavy atom. The van der Waals surface area contributed by atoms with E-state index < -0.39 is 0 Å². The molecular formula is C19H23ClN2O3S. The molecule has 5 nitrogen and oxygen atoms in total. The first-order chi connectivity index (χ1) is 12.1. The maximum Gasteiger partial charge on any atom is 0.341 e. The van der Waals surface area contributed by atoms with Gasteiger partial charge in [-0.2, -0.15) is 0 Å². The fraction of sp³-hybridized carbons (Fsp3) is 0.368. The third-order valence-corrected chi connectivity index (χ3v) is 5.48. The predicted molar refractivity (Wildman–Crippen MR) is 106 cm³/mol. The molecule has 2 aromatic rings. The number of ether oxygens (including phenoxy) is 1. The maximum absolute atomic E-state index is 12.2. The molecule has 0 radical (unpaired) electrons. The summed E-state index contributed by atoms with van der Waals surface area (Å²) in [6, 6.07) is 10.4. The first-order valence-electron chi connectivity index (χ1n) is 8.41. The molecule has 0 saturated carbocycles. The molecule has 7 heteroatoms. The van der Waals surface area contributed by atoms with Crippen molar-refractivity contribution < 1.29 is 14.3 Å². The molecule has 0 unspecified atom stereocenters. The van der Waals surface area contributed by atoms with Gasteiger partial charge in [0.25, 0.3) is 0 Å². The molecule has 140 valence electrons. The predicted octanol–water partition coefficient (Wildman–Crippen LogP) is 3.86. The third-order valence-electron chi connectivity index (χ3n) is 4.35. The highest BCUT2D eigenvalue weighted by atomic mass is 35.5. The monoisotopic (exact) mass is 394 g/mol. The van der Waals surface area contributed by atoms with Crippen LogP contribution >= 0.6 is 23.7 Å². The Morgan fingerprint density at radius 2 is 2.00 bits per heavy atom. The van der Waals surface area contributed by atoms with Gasteiger partial charge >= 0.3 is 5.97 Å². The van der Waals surface area contributed by atoms with Crippen molar-refractivity contribution >= 4 is 40.6 Å². The molecule has 0 bridgehead atoms. The SMILES string of the molecule is CCC(=O)Nc1sc2c(c1C(=O)OC)CCN(Cc1ccccc1)C2.Cl. The average Bonchev–Trinajstić information content (AvgIpc) is 2.98. The molecule has 0 aliphatic carbocycles. The van der Waals surface area contributed by atoms with Gasteiger partial charge in [-0.3, -0.25) is 9.69 Å². The number of hydrogen-bond donors (Lipinski definition) is 1. The fourth-order valence-electron chi connectivity index (χ4n) is 3.05. The minimum atomic E-state index is -0.375. The van der Waals surface area contributed by atoms with Crippen LogP contribution in [0.2, 0.25) is 0 Å². The molecule has 1 aromatic carbocycles. The molecular weight excluding hydrogens is 372 g/mol. The van der Waals surface area contributed by atoms with E-state index in [1.165, 1.54) is 24.0 Å². The number of anilines is 1. The van der Waals surface area contributed by atoms with Crippen LogP contribution in [0, 0.1) is 0 Å². The molecule has 1 aliphatic heterocycles. The Bertz CT molecular complexity index is 777. The maximum atomic E-state index is 12.2. The zero-order valence-corrected chi connectivity index (χ0v) is 16.5. The fourth-order valence-corrected chi connectivity index (χ4v) is 4.35. The molecule has 1 amide bonds. The van der Waals surface area contributed by atoms with E-state index in [-0.39, 0.29) is 24.3 Å². The third kappa shape index (κ3) is 4.44. The van der Waals surface area contributed by atoms with Gasteiger partial charge in [-0.05, 0) is 17.5 Å². The molecule has 1 N–H and O–H groups in total. The molecule has 0 atom stereocenters. The molecule has 1 aliphatic rings. The minimum absolute atomic E-state index is 0. The van der Waals surface area contributed by atoms with Gasteiger partial charge in [0.1, 0.15) is 5.00 Å². The Kier molecular flexibility index (Phi) is 7.20. The number of amides is 1. The van der Waals surface area contributed by atoms with E-state index in [4.69, 9.17) is 4.74 Å². The smallest absolute Gasteiger partial charge is 0.341 e. The molecule has 2 heterocycles. The van der Waals surface area contributed by atoms with Crippen molar-refractivity contribution in [2.75, 3.05) is 19.0 Å². The van der Waals surface area contributed by atoms with Gasteiger partial charge in [0, 0.05) is 30.9 Å². The van der Waals surface area contributed by atoms with Crippen LogP contribution in [0.5, 0.6) is 0 Å². The van der Waals surface area contributed by atoms with Gasteiger partial charge in [-0.1, -0.05) is 37.3 Å². The standard InChI is InChI=1S/C19H22N2O3S.ClH/c1-3-16(22)20-18-17(19(23)24-2)14-9-10-21(12-15(14)25-18)11-13-7-5-4-6-8-13;/h4-8H,3,9-12H2,1-2H3,(H,20,22);1H. The van der Waals surface area contributed by atoms with Crippen LogP contribution in [0.25, 0.3) is 0 Å². The Hall–Kier alpha value is -1.89. The Balaban J connectivity index is 0.00000243. The number of benzene rings is 1. The van der Waals surface area contributed by atoms with Gasteiger partial charge in [0.05, 0.1) is 12.7 Å².